The zero-order chi connectivity index (χ0) is 25.4. The molecule has 4 heterocycles. The van der Waals surface area contributed by atoms with Crippen LogP contribution in [0.25, 0.3) is 15.7 Å². The van der Waals surface area contributed by atoms with E-state index in [1.807, 2.05) is 19.0 Å². The molecule has 1 N–H and O–H groups in total. The third-order valence-electron chi connectivity index (χ3n) is 6.31. The summed E-state index contributed by atoms with van der Waals surface area (Å²) in [6.45, 7) is 5.39. The number of aromatic nitrogens is 3. The molecule has 1 aliphatic rings. The fourth-order valence-corrected chi connectivity index (χ4v) is 6.30. The van der Waals surface area contributed by atoms with E-state index in [1.165, 1.54) is 33.1 Å². The maximum Gasteiger partial charge on any atom is 0.301 e. The van der Waals surface area contributed by atoms with Gasteiger partial charge in [0.15, 0.2) is 4.96 Å². The van der Waals surface area contributed by atoms with Crippen LogP contribution in [-0.4, -0.2) is 81.5 Å². The lowest BCUT2D eigenvalue weighted by atomic mass is 10.0. The first kappa shape index (κ1) is 25.0. The number of aromatic hydroxyl groups is 1. The minimum absolute atomic E-state index is 0.205. The Morgan fingerprint density at radius 1 is 1.11 bits per heavy atom. The van der Waals surface area contributed by atoms with E-state index >= 15 is 0 Å². The fraction of sp³-hybridized carbons (Fsp3) is 0.400. The van der Waals surface area contributed by atoms with Gasteiger partial charge in [-0.2, -0.15) is 0 Å². The van der Waals surface area contributed by atoms with Crippen molar-refractivity contribution in [1.82, 2.24) is 29.1 Å². The molecule has 1 saturated heterocycles. The Hall–Kier alpha value is -2.70. The van der Waals surface area contributed by atoms with Gasteiger partial charge in [-0.1, -0.05) is 17.4 Å². The third-order valence-corrected chi connectivity index (χ3v) is 8.28. The predicted molar refractivity (Wildman–Crippen MR) is 141 cm³/mol. The van der Waals surface area contributed by atoms with Crippen molar-refractivity contribution in [1.29, 1.82) is 0 Å². The Morgan fingerprint density at radius 2 is 1.89 bits per heavy atom. The topological polar surface area (TPSA) is 77.2 Å². The predicted octanol–water partition coefficient (Wildman–Crippen LogP) is 3.12. The van der Waals surface area contributed by atoms with E-state index in [2.05, 4.69) is 26.8 Å². The highest BCUT2D eigenvalue weighted by atomic mass is 32.1. The summed E-state index contributed by atoms with van der Waals surface area (Å²) in [6, 6.07) is 4.83. The summed E-state index contributed by atoms with van der Waals surface area (Å²) in [5.74, 6) is -0.654. The number of rotatable bonds is 7. The van der Waals surface area contributed by atoms with Crippen LogP contribution in [0.2, 0.25) is 0 Å². The minimum Gasteiger partial charge on any atom is -0.501 e. The van der Waals surface area contributed by atoms with Gasteiger partial charge in [0.1, 0.15) is 16.5 Å². The number of halogens is 1. The average molecular weight is 529 g/mol. The molecule has 0 spiro atoms. The summed E-state index contributed by atoms with van der Waals surface area (Å²) in [5, 5.41) is 11.2. The standard InChI is InChI=1S/C25H29FN6O2S2/c1-29(2)13-17-10-18(26)5-4-16(17)11-19-12-27-23(35-19)21-22(33)24(34)32-15-20(36-25(32)28-21)14-31-8-6-30(3)7-9-31/h4-5,10,12,15,33H,6-9,11,13-14H2,1-3H3. The Labute approximate surface area is 216 Å². The molecular weight excluding hydrogens is 499 g/mol. The SMILES string of the molecule is CN(C)Cc1cc(F)ccc1Cc1cnc(-c2nc3sc(CN4CCN(C)CC4)cn3c(=O)c2O)s1. The molecule has 190 valence electrons. The molecule has 0 aliphatic carbocycles. The second kappa shape index (κ2) is 10.3. The lowest BCUT2D eigenvalue weighted by molar-refractivity contribution is 0.149. The Kier molecular flexibility index (Phi) is 7.18. The lowest BCUT2D eigenvalue weighted by Crippen LogP contribution is -2.43. The molecule has 3 aromatic heterocycles. The molecule has 1 fully saturated rings. The number of hydrogen-bond donors (Lipinski definition) is 1. The number of hydrogen-bond acceptors (Lipinski definition) is 9. The van der Waals surface area contributed by atoms with Gasteiger partial charge in [-0.15, -0.1) is 11.3 Å². The molecular formula is C25H29FN6O2S2. The van der Waals surface area contributed by atoms with Crippen molar-refractivity contribution in [2.45, 2.75) is 19.5 Å². The summed E-state index contributed by atoms with van der Waals surface area (Å²) >= 11 is 2.85. The van der Waals surface area contributed by atoms with Gasteiger partial charge in [0, 0.05) is 67.8 Å². The number of piperazine rings is 1. The summed E-state index contributed by atoms with van der Waals surface area (Å²) in [7, 11) is 6.02. The van der Waals surface area contributed by atoms with Gasteiger partial charge >= 0.3 is 5.56 Å². The molecule has 0 saturated carbocycles. The third kappa shape index (κ3) is 5.35. The zero-order valence-corrected chi connectivity index (χ0v) is 22.2. The maximum absolute atomic E-state index is 13.8. The highest BCUT2D eigenvalue weighted by molar-refractivity contribution is 7.17. The monoisotopic (exact) mass is 528 g/mol. The molecule has 0 atom stereocenters. The Morgan fingerprint density at radius 3 is 2.64 bits per heavy atom. The number of likely N-dealkylation sites (N-methyl/N-ethyl adjacent to an activating group) is 1. The van der Waals surface area contributed by atoms with Crippen molar-refractivity contribution in [2.24, 2.45) is 0 Å². The van der Waals surface area contributed by atoms with Crippen LogP contribution in [0.3, 0.4) is 0 Å². The van der Waals surface area contributed by atoms with Crippen molar-refractivity contribution in [3.63, 3.8) is 0 Å². The highest BCUT2D eigenvalue weighted by Gasteiger charge is 2.20. The fourth-order valence-electron chi connectivity index (χ4n) is 4.37. The first-order valence-corrected chi connectivity index (χ1v) is 13.4. The quantitative estimate of drug-likeness (QED) is 0.395. The van der Waals surface area contributed by atoms with Crippen LogP contribution >= 0.6 is 22.7 Å². The highest BCUT2D eigenvalue weighted by Crippen LogP contribution is 2.32. The molecule has 1 aromatic carbocycles. The average Bonchev–Trinajstić information content (AvgIpc) is 3.46. The van der Waals surface area contributed by atoms with Crippen LogP contribution in [-0.2, 0) is 19.5 Å². The van der Waals surface area contributed by atoms with Crippen LogP contribution in [0, 0.1) is 5.82 Å². The number of fused-ring (bicyclic) bond motifs is 1. The second-order valence-corrected chi connectivity index (χ2v) is 11.7. The van der Waals surface area contributed by atoms with Gasteiger partial charge < -0.3 is 14.9 Å². The molecule has 5 rings (SSSR count). The van der Waals surface area contributed by atoms with Crippen molar-refractivity contribution >= 4 is 27.6 Å². The van der Waals surface area contributed by atoms with Gasteiger partial charge in [0.25, 0.3) is 0 Å². The van der Waals surface area contributed by atoms with Gasteiger partial charge in [0.2, 0.25) is 5.75 Å². The molecule has 0 bridgehead atoms. The first-order chi connectivity index (χ1) is 17.3. The van der Waals surface area contributed by atoms with Crippen molar-refractivity contribution in [2.75, 3.05) is 47.3 Å². The molecule has 0 radical (unpaired) electrons. The van der Waals surface area contributed by atoms with E-state index in [-0.39, 0.29) is 11.5 Å². The van der Waals surface area contributed by atoms with E-state index in [0.717, 1.165) is 53.6 Å². The van der Waals surface area contributed by atoms with E-state index < -0.39 is 11.3 Å². The van der Waals surface area contributed by atoms with Crippen LogP contribution in [0.15, 0.2) is 35.4 Å². The summed E-state index contributed by atoms with van der Waals surface area (Å²) in [4.78, 5) is 31.2. The molecule has 0 amide bonds. The lowest BCUT2D eigenvalue weighted by Gasteiger charge is -2.31. The van der Waals surface area contributed by atoms with E-state index in [4.69, 9.17) is 0 Å². The van der Waals surface area contributed by atoms with Crippen LogP contribution < -0.4 is 5.56 Å². The molecule has 1 aliphatic heterocycles. The number of benzene rings is 1. The summed E-state index contributed by atoms with van der Waals surface area (Å²) in [6.07, 6.45) is 4.10. The van der Waals surface area contributed by atoms with Gasteiger partial charge in [-0.05, 0) is 44.4 Å². The van der Waals surface area contributed by atoms with Crippen molar-refractivity contribution < 1.29 is 9.50 Å². The molecule has 0 unspecified atom stereocenters. The zero-order valence-electron chi connectivity index (χ0n) is 20.6. The largest absolute Gasteiger partial charge is 0.501 e. The minimum atomic E-state index is -0.487. The van der Waals surface area contributed by atoms with Crippen LogP contribution in [0.1, 0.15) is 20.9 Å². The molecule has 8 nitrogen and oxygen atoms in total. The van der Waals surface area contributed by atoms with Gasteiger partial charge in [-0.3, -0.25) is 14.1 Å². The normalized spacial score (nSPS) is 15.4. The molecule has 4 aromatic rings. The van der Waals surface area contributed by atoms with E-state index in [1.54, 1.807) is 24.5 Å². The molecule has 36 heavy (non-hydrogen) atoms. The van der Waals surface area contributed by atoms with E-state index in [9.17, 15) is 14.3 Å². The second-order valence-electron chi connectivity index (χ2n) is 9.50. The summed E-state index contributed by atoms with van der Waals surface area (Å²) < 4.78 is 15.2. The number of nitrogens with zero attached hydrogens (tertiary/aromatic N) is 6. The first-order valence-electron chi connectivity index (χ1n) is 11.8. The molecule has 11 heteroatoms. The van der Waals surface area contributed by atoms with Crippen LogP contribution in [0.5, 0.6) is 5.75 Å². The van der Waals surface area contributed by atoms with Crippen LogP contribution in [0.4, 0.5) is 4.39 Å². The van der Waals surface area contributed by atoms with Crippen molar-refractivity contribution in [3.05, 3.63) is 67.6 Å². The maximum atomic E-state index is 13.8. The van der Waals surface area contributed by atoms with E-state index in [0.29, 0.717) is 22.9 Å². The Bertz CT molecular complexity index is 1440. The number of thiazole rings is 2. The Balaban J connectivity index is 1.40. The van der Waals surface area contributed by atoms with Gasteiger partial charge in [0.05, 0.1) is 0 Å². The van der Waals surface area contributed by atoms with Gasteiger partial charge in [-0.25, -0.2) is 14.4 Å². The summed E-state index contributed by atoms with van der Waals surface area (Å²) in [5.41, 5.74) is 1.65. The smallest absolute Gasteiger partial charge is 0.301 e. The van der Waals surface area contributed by atoms with Crippen molar-refractivity contribution in [3.8, 4) is 16.5 Å².